The molecule has 1 aromatic carbocycles. The van der Waals surface area contributed by atoms with E-state index in [9.17, 15) is 9.59 Å². The SMILES string of the molecule is Cc1noc(C(NC(=O)c2c[nH]c3ccccc3c2=O)C(C)C)n1. The standard InChI is InChI=1S/C17H18N4O3/c1-9(2)14(17-19-10(3)21-24-17)20-16(23)12-8-18-13-7-5-4-6-11(13)15(12)22/h4-9,14H,1-3H3,(H,18,22)(H,20,23). The van der Waals surface area contributed by atoms with E-state index in [1.807, 2.05) is 19.9 Å². The van der Waals surface area contributed by atoms with Gasteiger partial charge in [0.25, 0.3) is 5.91 Å². The van der Waals surface area contributed by atoms with Gasteiger partial charge in [0.2, 0.25) is 11.3 Å². The fourth-order valence-corrected chi connectivity index (χ4v) is 2.51. The number of pyridine rings is 1. The van der Waals surface area contributed by atoms with E-state index in [4.69, 9.17) is 4.52 Å². The van der Waals surface area contributed by atoms with Crippen molar-refractivity contribution >= 4 is 16.8 Å². The molecule has 2 N–H and O–H groups in total. The summed E-state index contributed by atoms with van der Waals surface area (Å²) >= 11 is 0. The van der Waals surface area contributed by atoms with Crippen LogP contribution in [0.4, 0.5) is 0 Å². The zero-order valence-electron chi connectivity index (χ0n) is 13.7. The average Bonchev–Trinajstić information content (AvgIpc) is 2.98. The van der Waals surface area contributed by atoms with Gasteiger partial charge in [-0.25, -0.2) is 0 Å². The highest BCUT2D eigenvalue weighted by Crippen LogP contribution is 2.20. The van der Waals surface area contributed by atoms with Crippen molar-refractivity contribution in [1.29, 1.82) is 0 Å². The van der Waals surface area contributed by atoms with Gasteiger partial charge in [-0.05, 0) is 25.0 Å². The van der Waals surface area contributed by atoms with E-state index < -0.39 is 11.9 Å². The molecule has 3 rings (SSSR count). The highest BCUT2D eigenvalue weighted by molar-refractivity contribution is 5.97. The molecule has 1 amide bonds. The number of amides is 1. The minimum Gasteiger partial charge on any atom is -0.360 e. The molecule has 3 aromatic rings. The zero-order chi connectivity index (χ0) is 17.3. The third-order valence-electron chi connectivity index (χ3n) is 3.80. The van der Waals surface area contributed by atoms with E-state index in [-0.39, 0.29) is 16.9 Å². The lowest BCUT2D eigenvalue weighted by atomic mass is 10.0. The molecule has 0 saturated heterocycles. The number of nitrogens with zero attached hydrogens (tertiary/aromatic N) is 2. The molecular formula is C17H18N4O3. The average molecular weight is 326 g/mol. The summed E-state index contributed by atoms with van der Waals surface area (Å²) in [6, 6.07) is 6.59. The van der Waals surface area contributed by atoms with Crippen LogP contribution in [-0.4, -0.2) is 21.0 Å². The molecule has 2 aromatic heterocycles. The Balaban J connectivity index is 1.94. The van der Waals surface area contributed by atoms with Crippen LogP contribution in [0.3, 0.4) is 0 Å². The zero-order valence-corrected chi connectivity index (χ0v) is 13.7. The van der Waals surface area contributed by atoms with Crippen LogP contribution in [0.1, 0.15) is 42.0 Å². The summed E-state index contributed by atoms with van der Waals surface area (Å²) in [6.07, 6.45) is 1.43. The first kappa shape index (κ1) is 15.9. The third kappa shape index (κ3) is 2.92. The molecule has 0 fully saturated rings. The molecule has 7 nitrogen and oxygen atoms in total. The summed E-state index contributed by atoms with van der Waals surface area (Å²) < 4.78 is 5.16. The summed E-state index contributed by atoms with van der Waals surface area (Å²) in [6.45, 7) is 5.56. The lowest BCUT2D eigenvalue weighted by Gasteiger charge is -2.18. The number of H-pyrrole nitrogens is 1. The van der Waals surface area contributed by atoms with Gasteiger partial charge in [0, 0.05) is 17.1 Å². The van der Waals surface area contributed by atoms with E-state index in [1.54, 1.807) is 25.1 Å². The highest BCUT2D eigenvalue weighted by Gasteiger charge is 2.25. The topological polar surface area (TPSA) is 101 Å². The lowest BCUT2D eigenvalue weighted by Crippen LogP contribution is -2.35. The summed E-state index contributed by atoms with van der Waals surface area (Å²) in [5.41, 5.74) is 0.425. The predicted octanol–water partition coefficient (Wildman–Crippen LogP) is 2.35. The molecule has 24 heavy (non-hydrogen) atoms. The maximum absolute atomic E-state index is 12.6. The Bertz CT molecular complexity index is 942. The van der Waals surface area contributed by atoms with Gasteiger partial charge in [0.05, 0.1) is 0 Å². The van der Waals surface area contributed by atoms with E-state index in [0.717, 1.165) is 0 Å². The molecule has 124 valence electrons. The minimum atomic E-state index is -0.475. The van der Waals surface area contributed by atoms with Crippen LogP contribution in [0.25, 0.3) is 10.9 Å². The number of hydrogen-bond donors (Lipinski definition) is 2. The van der Waals surface area contributed by atoms with Gasteiger partial charge in [-0.1, -0.05) is 31.1 Å². The number of nitrogens with one attached hydrogen (secondary N) is 2. The largest absolute Gasteiger partial charge is 0.360 e. The van der Waals surface area contributed by atoms with Crippen LogP contribution in [0.2, 0.25) is 0 Å². The van der Waals surface area contributed by atoms with Gasteiger partial charge < -0.3 is 14.8 Å². The Hall–Kier alpha value is -2.96. The maximum Gasteiger partial charge on any atom is 0.257 e. The number of aromatic nitrogens is 3. The first-order chi connectivity index (χ1) is 11.5. The smallest absolute Gasteiger partial charge is 0.257 e. The molecule has 0 radical (unpaired) electrons. The summed E-state index contributed by atoms with van der Waals surface area (Å²) in [5, 5.41) is 7.04. The van der Waals surface area contributed by atoms with Gasteiger partial charge >= 0.3 is 0 Å². The lowest BCUT2D eigenvalue weighted by molar-refractivity contribution is 0.0912. The quantitative estimate of drug-likeness (QED) is 0.766. The molecule has 1 atom stereocenters. The summed E-state index contributed by atoms with van der Waals surface area (Å²) in [5.74, 6) is 0.367. The molecular weight excluding hydrogens is 308 g/mol. The van der Waals surface area contributed by atoms with Crippen molar-refractivity contribution in [3.8, 4) is 0 Å². The van der Waals surface area contributed by atoms with Crippen LogP contribution >= 0.6 is 0 Å². The number of para-hydroxylation sites is 1. The molecule has 0 aliphatic heterocycles. The normalized spacial score (nSPS) is 12.5. The first-order valence-corrected chi connectivity index (χ1v) is 7.69. The molecule has 2 heterocycles. The van der Waals surface area contributed by atoms with Crippen LogP contribution in [0.15, 0.2) is 39.8 Å². The Morgan fingerprint density at radius 2 is 2.04 bits per heavy atom. The molecule has 1 unspecified atom stereocenters. The Morgan fingerprint density at radius 3 is 2.71 bits per heavy atom. The second-order valence-electron chi connectivity index (χ2n) is 5.95. The predicted molar refractivity (Wildman–Crippen MR) is 88.6 cm³/mol. The number of rotatable bonds is 4. The second kappa shape index (κ2) is 6.27. The monoisotopic (exact) mass is 326 g/mol. The molecule has 0 aliphatic carbocycles. The van der Waals surface area contributed by atoms with Crippen molar-refractivity contribution in [2.45, 2.75) is 26.8 Å². The summed E-state index contributed by atoms with van der Waals surface area (Å²) in [4.78, 5) is 32.3. The Morgan fingerprint density at radius 1 is 1.29 bits per heavy atom. The fourth-order valence-electron chi connectivity index (χ4n) is 2.51. The number of hydrogen-bond acceptors (Lipinski definition) is 5. The van der Waals surface area contributed by atoms with Crippen molar-refractivity contribution in [2.24, 2.45) is 5.92 Å². The Kier molecular flexibility index (Phi) is 4.16. The number of aryl methyl sites for hydroxylation is 1. The van der Waals surface area contributed by atoms with E-state index in [2.05, 4.69) is 20.4 Å². The molecule has 0 saturated carbocycles. The third-order valence-corrected chi connectivity index (χ3v) is 3.80. The van der Waals surface area contributed by atoms with Crippen molar-refractivity contribution in [3.63, 3.8) is 0 Å². The molecule has 0 bridgehead atoms. The number of aromatic amines is 1. The van der Waals surface area contributed by atoms with E-state index in [0.29, 0.717) is 22.6 Å². The van der Waals surface area contributed by atoms with E-state index in [1.165, 1.54) is 6.20 Å². The fraction of sp³-hybridized carbons (Fsp3) is 0.294. The van der Waals surface area contributed by atoms with E-state index >= 15 is 0 Å². The van der Waals surface area contributed by atoms with Crippen molar-refractivity contribution in [2.75, 3.05) is 0 Å². The van der Waals surface area contributed by atoms with Gasteiger partial charge in [-0.2, -0.15) is 4.98 Å². The van der Waals surface area contributed by atoms with Crippen LogP contribution in [-0.2, 0) is 0 Å². The van der Waals surface area contributed by atoms with Crippen LogP contribution in [0, 0.1) is 12.8 Å². The maximum atomic E-state index is 12.6. The number of fused-ring (bicyclic) bond motifs is 1. The van der Waals surface area contributed by atoms with Gasteiger partial charge in [0.15, 0.2) is 5.82 Å². The van der Waals surface area contributed by atoms with Gasteiger partial charge in [0.1, 0.15) is 11.6 Å². The van der Waals surface area contributed by atoms with Crippen molar-refractivity contribution in [1.82, 2.24) is 20.4 Å². The molecule has 7 heteroatoms. The Labute approximate surface area is 138 Å². The minimum absolute atomic E-state index is 0.0216. The van der Waals surface area contributed by atoms with Crippen molar-refractivity contribution in [3.05, 3.63) is 58.0 Å². The van der Waals surface area contributed by atoms with Crippen LogP contribution < -0.4 is 10.7 Å². The number of carbonyl (C=O) groups excluding carboxylic acids is 1. The van der Waals surface area contributed by atoms with Gasteiger partial charge in [-0.15, -0.1) is 0 Å². The number of benzene rings is 1. The van der Waals surface area contributed by atoms with Crippen LogP contribution in [0.5, 0.6) is 0 Å². The second-order valence-corrected chi connectivity index (χ2v) is 5.95. The first-order valence-electron chi connectivity index (χ1n) is 7.69. The van der Waals surface area contributed by atoms with Gasteiger partial charge in [-0.3, -0.25) is 9.59 Å². The molecule has 0 spiro atoms. The number of carbonyl (C=O) groups is 1. The summed E-state index contributed by atoms with van der Waals surface area (Å²) in [7, 11) is 0. The highest BCUT2D eigenvalue weighted by atomic mass is 16.5. The molecule has 0 aliphatic rings. The van der Waals surface area contributed by atoms with Crippen molar-refractivity contribution < 1.29 is 9.32 Å².